The molecular weight excluding hydrogens is 320 g/mol. The quantitative estimate of drug-likeness (QED) is 0.320. The van der Waals surface area contributed by atoms with E-state index in [9.17, 15) is 9.59 Å². The highest BCUT2D eigenvalue weighted by Crippen LogP contribution is 2.22. The SMILES string of the molecule is CN=C(NCCCCN1C(=O)c2ccccc2C1=O)NC(C)COC. The van der Waals surface area contributed by atoms with Crippen LogP contribution in [0.3, 0.4) is 0 Å². The van der Waals surface area contributed by atoms with Crippen molar-refractivity contribution in [3.8, 4) is 0 Å². The maximum Gasteiger partial charge on any atom is 0.261 e. The molecule has 25 heavy (non-hydrogen) atoms. The van der Waals surface area contributed by atoms with E-state index in [2.05, 4.69) is 15.6 Å². The lowest BCUT2D eigenvalue weighted by atomic mass is 10.1. The summed E-state index contributed by atoms with van der Waals surface area (Å²) in [5, 5.41) is 6.44. The van der Waals surface area contributed by atoms with E-state index in [1.54, 1.807) is 38.4 Å². The first kappa shape index (κ1) is 18.9. The summed E-state index contributed by atoms with van der Waals surface area (Å²) in [4.78, 5) is 30.0. The predicted molar refractivity (Wildman–Crippen MR) is 96.9 cm³/mol. The van der Waals surface area contributed by atoms with Gasteiger partial charge in [-0.3, -0.25) is 19.5 Å². The molecule has 1 unspecified atom stereocenters. The number of nitrogens with one attached hydrogen (secondary N) is 2. The summed E-state index contributed by atoms with van der Waals surface area (Å²) in [6.07, 6.45) is 1.57. The summed E-state index contributed by atoms with van der Waals surface area (Å²) in [6, 6.07) is 7.12. The molecule has 0 fully saturated rings. The highest BCUT2D eigenvalue weighted by atomic mass is 16.5. The number of methoxy groups -OCH3 is 1. The molecule has 1 heterocycles. The Hall–Kier alpha value is -2.41. The van der Waals surface area contributed by atoms with Gasteiger partial charge >= 0.3 is 0 Å². The van der Waals surface area contributed by atoms with Crippen LogP contribution in [0, 0.1) is 0 Å². The number of hydrogen-bond donors (Lipinski definition) is 2. The number of unbranched alkanes of at least 4 members (excludes halogenated alkanes) is 1. The predicted octanol–water partition coefficient (Wildman–Crippen LogP) is 1.26. The van der Waals surface area contributed by atoms with Gasteiger partial charge in [-0.15, -0.1) is 0 Å². The Morgan fingerprint density at radius 3 is 2.40 bits per heavy atom. The number of fused-ring (bicyclic) bond motifs is 1. The third-order valence-electron chi connectivity index (χ3n) is 4.00. The van der Waals surface area contributed by atoms with Crippen LogP contribution in [0.15, 0.2) is 29.3 Å². The number of imide groups is 1. The van der Waals surface area contributed by atoms with Gasteiger partial charge in [0.15, 0.2) is 5.96 Å². The number of benzene rings is 1. The van der Waals surface area contributed by atoms with Crippen molar-refractivity contribution < 1.29 is 14.3 Å². The Labute approximate surface area is 148 Å². The fourth-order valence-corrected chi connectivity index (χ4v) is 2.76. The molecular formula is C18H26N4O3. The molecule has 136 valence electrons. The van der Waals surface area contributed by atoms with Crippen LogP contribution in [0.4, 0.5) is 0 Å². The lowest BCUT2D eigenvalue weighted by molar-refractivity contribution is 0.0652. The fourth-order valence-electron chi connectivity index (χ4n) is 2.76. The van der Waals surface area contributed by atoms with Gasteiger partial charge in [-0.05, 0) is 31.9 Å². The average Bonchev–Trinajstić information content (AvgIpc) is 2.85. The standard InChI is InChI=1S/C18H26N4O3/c1-13(12-25-3)21-18(19-2)20-10-6-7-11-22-16(23)14-8-4-5-9-15(14)17(22)24/h4-5,8-9,13H,6-7,10-12H2,1-3H3,(H2,19,20,21). The number of carbonyl (C=O) groups is 2. The molecule has 0 saturated heterocycles. The minimum Gasteiger partial charge on any atom is -0.383 e. The number of aliphatic imine (C=N–C) groups is 1. The number of nitrogens with zero attached hydrogens (tertiary/aromatic N) is 2. The molecule has 1 aromatic carbocycles. The van der Waals surface area contributed by atoms with Gasteiger partial charge in [0.2, 0.25) is 0 Å². The van der Waals surface area contributed by atoms with Gasteiger partial charge in [0.25, 0.3) is 11.8 Å². The molecule has 2 rings (SSSR count). The van der Waals surface area contributed by atoms with Crippen LogP contribution in [-0.2, 0) is 4.74 Å². The van der Waals surface area contributed by atoms with Gasteiger partial charge in [0.1, 0.15) is 0 Å². The second-order valence-corrected chi connectivity index (χ2v) is 6.01. The first-order chi connectivity index (χ1) is 12.1. The van der Waals surface area contributed by atoms with Crippen molar-refractivity contribution >= 4 is 17.8 Å². The molecule has 2 N–H and O–H groups in total. The summed E-state index contributed by atoms with van der Waals surface area (Å²) in [5.41, 5.74) is 1.00. The lowest BCUT2D eigenvalue weighted by Crippen LogP contribution is -2.44. The zero-order valence-corrected chi connectivity index (χ0v) is 15.0. The molecule has 0 radical (unpaired) electrons. The second-order valence-electron chi connectivity index (χ2n) is 6.01. The fraction of sp³-hybridized carbons (Fsp3) is 0.500. The first-order valence-electron chi connectivity index (χ1n) is 8.49. The summed E-state index contributed by atoms with van der Waals surface area (Å²) in [6.45, 7) is 3.75. The third kappa shape index (κ3) is 4.79. The number of carbonyl (C=O) groups excluding carboxylic acids is 2. The lowest BCUT2D eigenvalue weighted by Gasteiger charge is -2.17. The van der Waals surface area contributed by atoms with E-state index in [0.717, 1.165) is 12.8 Å². The number of ether oxygens (including phenoxy) is 1. The molecule has 7 heteroatoms. The molecule has 0 spiro atoms. The molecule has 1 aliphatic rings. The van der Waals surface area contributed by atoms with Gasteiger partial charge in [-0.2, -0.15) is 0 Å². The van der Waals surface area contributed by atoms with E-state index in [4.69, 9.17) is 4.74 Å². The molecule has 1 atom stereocenters. The van der Waals surface area contributed by atoms with E-state index in [1.165, 1.54) is 4.90 Å². The Morgan fingerprint density at radius 1 is 1.20 bits per heavy atom. The van der Waals surface area contributed by atoms with E-state index >= 15 is 0 Å². The Bertz CT molecular complexity index is 610. The number of hydrogen-bond acceptors (Lipinski definition) is 4. The summed E-state index contributed by atoms with van der Waals surface area (Å²) in [5.74, 6) is 0.323. The zero-order chi connectivity index (χ0) is 18.2. The van der Waals surface area contributed by atoms with Gasteiger partial charge in [-0.1, -0.05) is 12.1 Å². The highest BCUT2D eigenvalue weighted by Gasteiger charge is 2.34. The van der Waals surface area contributed by atoms with Crippen molar-refractivity contribution in [1.82, 2.24) is 15.5 Å². The normalized spacial score (nSPS) is 15.3. The van der Waals surface area contributed by atoms with E-state index in [0.29, 0.717) is 36.8 Å². The van der Waals surface area contributed by atoms with E-state index in [1.807, 2.05) is 6.92 Å². The van der Waals surface area contributed by atoms with Crippen molar-refractivity contribution in [2.45, 2.75) is 25.8 Å². The maximum absolute atomic E-state index is 12.3. The topological polar surface area (TPSA) is 83.0 Å². The van der Waals surface area contributed by atoms with Crippen LogP contribution in [0.25, 0.3) is 0 Å². The second kappa shape index (κ2) is 9.17. The van der Waals surface area contributed by atoms with Crippen LogP contribution < -0.4 is 10.6 Å². The Morgan fingerprint density at radius 2 is 1.84 bits per heavy atom. The van der Waals surface area contributed by atoms with Gasteiger partial charge in [0.05, 0.1) is 17.7 Å². The van der Waals surface area contributed by atoms with Crippen molar-refractivity contribution in [2.75, 3.05) is 33.9 Å². The van der Waals surface area contributed by atoms with Crippen LogP contribution in [0.5, 0.6) is 0 Å². The smallest absolute Gasteiger partial charge is 0.261 e. The van der Waals surface area contributed by atoms with Crippen molar-refractivity contribution in [1.29, 1.82) is 0 Å². The number of rotatable bonds is 8. The highest BCUT2D eigenvalue weighted by molar-refractivity contribution is 6.21. The number of amides is 2. The minimum atomic E-state index is -0.195. The summed E-state index contributed by atoms with van der Waals surface area (Å²) < 4.78 is 5.08. The Balaban J connectivity index is 1.72. The van der Waals surface area contributed by atoms with E-state index in [-0.39, 0.29) is 17.9 Å². The van der Waals surface area contributed by atoms with E-state index < -0.39 is 0 Å². The molecule has 2 amide bonds. The largest absolute Gasteiger partial charge is 0.383 e. The Kier molecular flexibility index (Phi) is 6.94. The molecule has 7 nitrogen and oxygen atoms in total. The van der Waals surface area contributed by atoms with Crippen LogP contribution in [0.1, 0.15) is 40.5 Å². The van der Waals surface area contributed by atoms with Crippen LogP contribution in [-0.4, -0.2) is 62.6 Å². The van der Waals surface area contributed by atoms with Gasteiger partial charge in [-0.25, -0.2) is 0 Å². The summed E-state index contributed by atoms with van der Waals surface area (Å²) >= 11 is 0. The molecule has 0 bridgehead atoms. The monoisotopic (exact) mass is 346 g/mol. The molecule has 1 aromatic rings. The maximum atomic E-state index is 12.3. The van der Waals surface area contributed by atoms with Crippen molar-refractivity contribution in [3.63, 3.8) is 0 Å². The molecule has 0 aliphatic carbocycles. The average molecular weight is 346 g/mol. The molecule has 0 saturated carbocycles. The first-order valence-corrected chi connectivity index (χ1v) is 8.49. The molecule has 0 aromatic heterocycles. The van der Waals surface area contributed by atoms with Crippen LogP contribution in [0.2, 0.25) is 0 Å². The summed E-state index contributed by atoms with van der Waals surface area (Å²) in [7, 11) is 3.38. The third-order valence-corrected chi connectivity index (χ3v) is 4.00. The van der Waals surface area contributed by atoms with Crippen LogP contribution >= 0.6 is 0 Å². The zero-order valence-electron chi connectivity index (χ0n) is 15.0. The number of guanidine groups is 1. The van der Waals surface area contributed by atoms with Crippen molar-refractivity contribution in [2.24, 2.45) is 4.99 Å². The van der Waals surface area contributed by atoms with Gasteiger partial charge in [0, 0.05) is 33.3 Å². The molecule has 1 aliphatic heterocycles. The van der Waals surface area contributed by atoms with Gasteiger partial charge < -0.3 is 15.4 Å². The van der Waals surface area contributed by atoms with Crippen molar-refractivity contribution in [3.05, 3.63) is 35.4 Å². The minimum absolute atomic E-state index is 0.162.